The standard InChI is InChI=1S/C20H21F3N2O3/c21-20(22,23)8-10-28-18-6-2-4-14-13(3-1-5-15(14)18)11-25-17-12-24-9-7-16(17)19(26)27/h2,4,6-7,9,12-13,25H,1,3,5,8,10-11H2,(H,26,27)/t13-/m0/s1. The van der Waals surface area contributed by atoms with Gasteiger partial charge in [-0.2, -0.15) is 13.2 Å². The number of hydrogen-bond donors (Lipinski definition) is 2. The summed E-state index contributed by atoms with van der Waals surface area (Å²) in [5.41, 5.74) is 2.56. The summed E-state index contributed by atoms with van der Waals surface area (Å²) in [6.07, 6.45) is 0.209. The van der Waals surface area contributed by atoms with Crippen LogP contribution in [-0.4, -0.2) is 35.4 Å². The predicted octanol–water partition coefficient (Wildman–Crippen LogP) is 4.64. The minimum absolute atomic E-state index is 0.108. The molecule has 0 radical (unpaired) electrons. The SMILES string of the molecule is O=C(O)c1ccncc1NC[C@@H]1CCCc2c(OCCC(F)(F)F)cccc21. The highest BCUT2D eigenvalue weighted by Gasteiger charge is 2.28. The van der Waals surface area contributed by atoms with E-state index in [9.17, 15) is 23.1 Å². The van der Waals surface area contributed by atoms with Gasteiger partial charge in [-0.1, -0.05) is 12.1 Å². The van der Waals surface area contributed by atoms with Crippen LogP contribution in [0.2, 0.25) is 0 Å². The summed E-state index contributed by atoms with van der Waals surface area (Å²) in [6.45, 7) is 0.103. The van der Waals surface area contributed by atoms with Crippen molar-refractivity contribution in [3.63, 3.8) is 0 Å². The summed E-state index contributed by atoms with van der Waals surface area (Å²) in [4.78, 5) is 15.3. The summed E-state index contributed by atoms with van der Waals surface area (Å²) in [5, 5.41) is 12.4. The van der Waals surface area contributed by atoms with Crippen LogP contribution >= 0.6 is 0 Å². The Hall–Kier alpha value is -2.77. The van der Waals surface area contributed by atoms with Crippen molar-refractivity contribution in [3.05, 3.63) is 53.3 Å². The number of nitrogens with zero attached hydrogens (tertiary/aromatic N) is 1. The van der Waals surface area contributed by atoms with Crippen LogP contribution in [0.1, 0.15) is 46.7 Å². The molecule has 1 aromatic carbocycles. The molecule has 5 nitrogen and oxygen atoms in total. The number of anilines is 1. The fraction of sp³-hybridized carbons (Fsp3) is 0.400. The zero-order valence-corrected chi connectivity index (χ0v) is 15.1. The number of aromatic carboxylic acids is 1. The van der Waals surface area contributed by atoms with Crippen LogP contribution in [0, 0.1) is 0 Å². The number of aromatic nitrogens is 1. The van der Waals surface area contributed by atoms with Crippen LogP contribution < -0.4 is 10.1 Å². The first-order valence-corrected chi connectivity index (χ1v) is 9.07. The Morgan fingerprint density at radius 1 is 1.32 bits per heavy atom. The second kappa shape index (κ2) is 8.50. The molecule has 0 spiro atoms. The highest BCUT2D eigenvalue weighted by molar-refractivity contribution is 5.93. The monoisotopic (exact) mass is 394 g/mol. The number of carbonyl (C=O) groups is 1. The number of alkyl halides is 3. The van der Waals surface area contributed by atoms with Gasteiger partial charge in [0.15, 0.2) is 0 Å². The Kier molecular flexibility index (Phi) is 6.06. The smallest absolute Gasteiger partial charge is 0.392 e. The van der Waals surface area contributed by atoms with E-state index in [2.05, 4.69) is 10.3 Å². The van der Waals surface area contributed by atoms with Gasteiger partial charge in [0.25, 0.3) is 0 Å². The van der Waals surface area contributed by atoms with Crippen molar-refractivity contribution in [1.29, 1.82) is 0 Å². The first kappa shape index (κ1) is 20.0. The molecule has 0 amide bonds. The zero-order valence-electron chi connectivity index (χ0n) is 15.1. The number of carboxylic acids is 1. The van der Waals surface area contributed by atoms with Crippen molar-refractivity contribution in [3.8, 4) is 5.75 Å². The number of benzene rings is 1. The number of halogens is 3. The van der Waals surface area contributed by atoms with Crippen LogP contribution in [0.25, 0.3) is 0 Å². The summed E-state index contributed by atoms with van der Waals surface area (Å²) in [7, 11) is 0. The van der Waals surface area contributed by atoms with E-state index in [0.717, 1.165) is 30.4 Å². The van der Waals surface area contributed by atoms with Crippen LogP contribution in [0.5, 0.6) is 5.75 Å². The van der Waals surface area contributed by atoms with Crippen molar-refractivity contribution < 1.29 is 27.8 Å². The van der Waals surface area contributed by atoms with Crippen molar-refractivity contribution in [1.82, 2.24) is 4.98 Å². The van der Waals surface area contributed by atoms with Gasteiger partial charge in [0, 0.05) is 18.7 Å². The topological polar surface area (TPSA) is 71.5 Å². The molecule has 1 atom stereocenters. The van der Waals surface area contributed by atoms with Gasteiger partial charge in [-0.3, -0.25) is 4.98 Å². The van der Waals surface area contributed by atoms with Gasteiger partial charge in [0.2, 0.25) is 0 Å². The van der Waals surface area contributed by atoms with E-state index in [1.54, 1.807) is 12.1 Å². The van der Waals surface area contributed by atoms with Gasteiger partial charge in [0.05, 0.1) is 30.5 Å². The minimum Gasteiger partial charge on any atom is -0.493 e. The molecule has 28 heavy (non-hydrogen) atoms. The third-order valence-electron chi connectivity index (χ3n) is 4.82. The van der Waals surface area contributed by atoms with Gasteiger partial charge >= 0.3 is 12.1 Å². The lowest BCUT2D eigenvalue weighted by molar-refractivity contribution is -0.139. The van der Waals surface area contributed by atoms with E-state index in [1.165, 1.54) is 18.5 Å². The minimum atomic E-state index is -4.24. The first-order valence-electron chi connectivity index (χ1n) is 9.07. The maximum absolute atomic E-state index is 12.4. The molecule has 8 heteroatoms. The largest absolute Gasteiger partial charge is 0.493 e. The highest BCUT2D eigenvalue weighted by atomic mass is 19.4. The second-order valence-corrected chi connectivity index (χ2v) is 6.73. The molecular weight excluding hydrogens is 373 g/mol. The molecule has 0 saturated heterocycles. The molecule has 2 aromatic rings. The maximum atomic E-state index is 12.4. The Bertz CT molecular complexity index is 840. The van der Waals surface area contributed by atoms with Gasteiger partial charge < -0.3 is 15.2 Å². The molecule has 0 unspecified atom stereocenters. The molecule has 0 saturated carbocycles. The van der Waals surface area contributed by atoms with Crippen molar-refractivity contribution in [2.45, 2.75) is 37.8 Å². The van der Waals surface area contributed by atoms with E-state index >= 15 is 0 Å². The van der Waals surface area contributed by atoms with Crippen molar-refractivity contribution in [2.24, 2.45) is 0 Å². The van der Waals surface area contributed by atoms with Gasteiger partial charge in [-0.25, -0.2) is 4.79 Å². The fourth-order valence-electron chi connectivity index (χ4n) is 3.49. The second-order valence-electron chi connectivity index (χ2n) is 6.73. The average molecular weight is 394 g/mol. The molecule has 1 aliphatic rings. The van der Waals surface area contributed by atoms with E-state index < -0.39 is 25.2 Å². The van der Waals surface area contributed by atoms with Gasteiger partial charge in [-0.05, 0) is 42.5 Å². The lowest BCUT2D eigenvalue weighted by Crippen LogP contribution is -2.20. The molecule has 150 valence electrons. The molecule has 0 fully saturated rings. The summed E-state index contributed by atoms with van der Waals surface area (Å²) in [5.74, 6) is -0.426. The van der Waals surface area contributed by atoms with Crippen molar-refractivity contribution >= 4 is 11.7 Å². The number of rotatable bonds is 7. The quantitative estimate of drug-likeness (QED) is 0.716. The lowest BCUT2D eigenvalue weighted by atomic mass is 9.82. The van der Waals surface area contributed by atoms with Crippen LogP contribution in [0.4, 0.5) is 18.9 Å². The summed E-state index contributed by atoms with van der Waals surface area (Å²) < 4.78 is 42.5. The Morgan fingerprint density at radius 3 is 2.89 bits per heavy atom. The molecule has 3 rings (SSSR count). The molecule has 2 N–H and O–H groups in total. The first-order chi connectivity index (χ1) is 13.3. The molecule has 1 heterocycles. The fourth-order valence-corrected chi connectivity index (χ4v) is 3.49. The number of ether oxygens (including phenoxy) is 1. The number of pyridine rings is 1. The third kappa shape index (κ3) is 4.94. The number of nitrogens with one attached hydrogen (secondary N) is 1. The van der Waals surface area contributed by atoms with Crippen molar-refractivity contribution in [2.75, 3.05) is 18.5 Å². The molecule has 1 aliphatic carbocycles. The molecule has 0 bridgehead atoms. The number of carboxylic acid groups (broad SMARTS) is 1. The Labute approximate surface area is 160 Å². The maximum Gasteiger partial charge on any atom is 0.392 e. The molecule has 0 aliphatic heterocycles. The normalized spacial score (nSPS) is 16.3. The van der Waals surface area contributed by atoms with Crippen LogP contribution in [0.15, 0.2) is 36.7 Å². The van der Waals surface area contributed by atoms with E-state index in [-0.39, 0.29) is 11.5 Å². The third-order valence-corrected chi connectivity index (χ3v) is 4.82. The van der Waals surface area contributed by atoms with E-state index in [4.69, 9.17) is 4.74 Å². The summed E-state index contributed by atoms with van der Waals surface area (Å²) in [6, 6.07) is 6.88. The van der Waals surface area contributed by atoms with Crippen LogP contribution in [-0.2, 0) is 6.42 Å². The van der Waals surface area contributed by atoms with Gasteiger partial charge in [-0.15, -0.1) is 0 Å². The van der Waals surface area contributed by atoms with E-state index in [1.807, 2.05) is 6.07 Å². The molecule has 1 aromatic heterocycles. The lowest BCUT2D eigenvalue weighted by Gasteiger charge is -2.28. The van der Waals surface area contributed by atoms with Crippen LogP contribution in [0.3, 0.4) is 0 Å². The Balaban J connectivity index is 1.72. The summed E-state index contributed by atoms with van der Waals surface area (Å²) >= 11 is 0. The Morgan fingerprint density at radius 2 is 2.14 bits per heavy atom. The highest BCUT2D eigenvalue weighted by Crippen LogP contribution is 2.37. The van der Waals surface area contributed by atoms with Gasteiger partial charge in [0.1, 0.15) is 5.75 Å². The number of fused-ring (bicyclic) bond motifs is 1. The van der Waals surface area contributed by atoms with E-state index in [0.29, 0.717) is 18.0 Å². The predicted molar refractivity (Wildman–Crippen MR) is 98.0 cm³/mol. The molecular formula is C20H21F3N2O3. The number of hydrogen-bond acceptors (Lipinski definition) is 4. The zero-order chi connectivity index (χ0) is 20.1. The average Bonchev–Trinajstić information content (AvgIpc) is 2.65.